The summed E-state index contributed by atoms with van der Waals surface area (Å²) >= 11 is 0. The number of rotatable bonds is 3. The van der Waals surface area contributed by atoms with Gasteiger partial charge in [0.2, 0.25) is 0 Å². The Morgan fingerprint density at radius 3 is 2.00 bits per heavy atom. The molecular weight excluding hydrogens is 227 g/mol. The standard InChI is InChI=1S/C12H10N2O2.Na.H/c15-14(16)12-8-6-11(7-9-12)13-10-4-2-1-3-5-10;;/h1-9,13H;;/q;+1;-1. The number of hydrogen-bond donors (Lipinski definition) is 1. The molecule has 0 heterocycles. The average Bonchev–Trinajstić information content (AvgIpc) is 2.31. The molecule has 0 saturated carbocycles. The van der Waals surface area contributed by atoms with Gasteiger partial charge in [-0.3, -0.25) is 10.1 Å². The van der Waals surface area contributed by atoms with Crippen molar-refractivity contribution in [1.29, 1.82) is 0 Å². The number of anilines is 2. The van der Waals surface area contributed by atoms with Crippen LogP contribution in [0.4, 0.5) is 17.1 Å². The van der Waals surface area contributed by atoms with Crippen LogP contribution in [0.25, 0.3) is 0 Å². The molecule has 0 amide bonds. The van der Waals surface area contributed by atoms with E-state index in [4.69, 9.17) is 0 Å². The number of nitro groups is 1. The molecule has 0 bridgehead atoms. The summed E-state index contributed by atoms with van der Waals surface area (Å²) < 4.78 is 0. The molecule has 0 aliphatic carbocycles. The molecular formula is C12H11N2NaO2. The van der Waals surface area contributed by atoms with Crippen LogP contribution in [0.1, 0.15) is 1.43 Å². The molecule has 0 aliphatic rings. The van der Waals surface area contributed by atoms with Crippen molar-refractivity contribution < 1.29 is 35.9 Å². The second-order valence-corrected chi connectivity index (χ2v) is 3.30. The third-order valence-electron chi connectivity index (χ3n) is 2.14. The van der Waals surface area contributed by atoms with E-state index in [0.717, 1.165) is 11.4 Å². The molecule has 0 spiro atoms. The van der Waals surface area contributed by atoms with Crippen molar-refractivity contribution in [1.82, 2.24) is 0 Å². The predicted octanol–water partition coefficient (Wildman–Crippen LogP) is 0.455. The number of benzene rings is 2. The molecule has 1 N–H and O–H groups in total. The van der Waals surface area contributed by atoms with Crippen LogP contribution in [0.5, 0.6) is 0 Å². The van der Waals surface area contributed by atoms with Gasteiger partial charge in [-0.2, -0.15) is 0 Å². The Morgan fingerprint density at radius 2 is 1.47 bits per heavy atom. The molecule has 0 aromatic heterocycles. The van der Waals surface area contributed by atoms with Crippen molar-refractivity contribution in [3.8, 4) is 0 Å². The Morgan fingerprint density at radius 1 is 0.941 bits per heavy atom. The molecule has 0 saturated heterocycles. The Kier molecular flexibility index (Phi) is 5.15. The fraction of sp³-hybridized carbons (Fsp3) is 0. The van der Waals surface area contributed by atoms with Gasteiger partial charge >= 0.3 is 29.6 Å². The first-order chi connectivity index (χ1) is 7.75. The topological polar surface area (TPSA) is 55.2 Å². The van der Waals surface area contributed by atoms with Crippen molar-refractivity contribution in [2.45, 2.75) is 0 Å². The van der Waals surface area contributed by atoms with Gasteiger partial charge in [0.1, 0.15) is 0 Å². The summed E-state index contributed by atoms with van der Waals surface area (Å²) in [6.45, 7) is 0. The quantitative estimate of drug-likeness (QED) is 0.480. The zero-order valence-electron chi connectivity index (χ0n) is 10.5. The van der Waals surface area contributed by atoms with Gasteiger partial charge in [-0.05, 0) is 24.3 Å². The number of hydrogen-bond acceptors (Lipinski definition) is 3. The zero-order chi connectivity index (χ0) is 11.4. The van der Waals surface area contributed by atoms with Gasteiger partial charge in [0.15, 0.2) is 0 Å². The number of nitro benzene ring substituents is 1. The molecule has 5 heteroatoms. The van der Waals surface area contributed by atoms with Gasteiger partial charge in [0.05, 0.1) is 4.92 Å². The molecule has 82 valence electrons. The van der Waals surface area contributed by atoms with Gasteiger partial charge in [-0.15, -0.1) is 0 Å². The Bertz CT molecular complexity index is 491. The maximum Gasteiger partial charge on any atom is 1.00 e. The molecule has 0 atom stereocenters. The first-order valence-electron chi connectivity index (χ1n) is 4.82. The van der Waals surface area contributed by atoms with E-state index in [1.165, 1.54) is 12.1 Å². The third-order valence-corrected chi connectivity index (χ3v) is 2.14. The molecule has 0 aliphatic heterocycles. The van der Waals surface area contributed by atoms with E-state index in [1.54, 1.807) is 12.1 Å². The van der Waals surface area contributed by atoms with Crippen LogP contribution in [0.2, 0.25) is 0 Å². The minimum Gasteiger partial charge on any atom is -1.00 e. The maximum absolute atomic E-state index is 10.5. The molecule has 0 fully saturated rings. The maximum atomic E-state index is 10.5. The van der Waals surface area contributed by atoms with Gasteiger partial charge < -0.3 is 6.74 Å². The van der Waals surface area contributed by atoms with E-state index in [-0.39, 0.29) is 36.7 Å². The first-order valence-corrected chi connectivity index (χ1v) is 4.82. The van der Waals surface area contributed by atoms with E-state index in [0.29, 0.717) is 0 Å². The van der Waals surface area contributed by atoms with E-state index >= 15 is 0 Å². The Labute approximate surface area is 123 Å². The second kappa shape index (κ2) is 6.39. The molecule has 0 radical (unpaired) electrons. The van der Waals surface area contributed by atoms with E-state index in [2.05, 4.69) is 5.32 Å². The van der Waals surface area contributed by atoms with Crippen LogP contribution in [-0.2, 0) is 0 Å². The van der Waals surface area contributed by atoms with Crippen molar-refractivity contribution in [3.05, 3.63) is 64.7 Å². The van der Waals surface area contributed by atoms with Crippen LogP contribution in [0, 0.1) is 10.1 Å². The normalized spacial score (nSPS) is 9.18. The summed E-state index contributed by atoms with van der Waals surface area (Å²) in [5.41, 5.74) is 1.88. The van der Waals surface area contributed by atoms with Crippen molar-refractivity contribution >= 4 is 17.1 Å². The van der Waals surface area contributed by atoms with Crippen LogP contribution in [-0.4, -0.2) is 4.92 Å². The number of nitrogens with zero attached hydrogens (tertiary/aromatic N) is 1. The summed E-state index contributed by atoms with van der Waals surface area (Å²) in [4.78, 5) is 10.0. The van der Waals surface area contributed by atoms with Gasteiger partial charge in [-0.25, -0.2) is 0 Å². The van der Waals surface area contributed by atoms with Crippen molar-refractivity contribution in [2.24, 2.45) is 0 Å². The van der Waals surface area contributed by atoms with Crippen molar-refractivity contribution in [2.75, 3.05) is 5.32 Å². The molecule has 2 aromatic carbocycles. The largest absolute Gasteiger partial charge is 1.00 e. The van der Waals surface area contributed by atoms with E-state index < -0.39 is 4.92 Å². The minimum atomic E-state index is -0.410. The fourth-order valence-corrected chi connectivity index (χ4v) is 1.35. The van der Waals surface area contributed by atoms with Crippen LogP contribution < -0.4 is 34.9 Å². The summed E-state index contributed by atoms with van der Waals surface area (Å²) in [6, 6.07) is 16.0. The molecule has 4 nitrogen and oxygen atoms in total. The number of para-hydroxylation sites is 1. The van der Waals surface area contributed by atoms with Crippen LogP contribution >= 0.6 is 0 Å². The average molecular weight is 238 g/mol. The summed E-state index contributed by atoms with van der Waals surface area (Å²) in [5.74, 6) is 0. The monoisotopic (exact) mass is 238 g/mol. The van der Waals surface area contributed by atoms with Crippen LogP contribution in [0.3, 0.4) is 0 Å². The smallest absolute Gasteiger partial charge is 1.00 e. The van der Waals surface area contributed by atoms with E-state index in [9.17, 15) is 10.1 Å². The predicted molar refractivity (Wildman–Crippen MR) is 63.9 cm³/mol. The molecule has 0 unspecified atom stereocenters. The fourth-order valence-electron chi connectivity index (χ4n) is 1.35. The molecule has 2 rings (SSSR count). The Balaban J connectivity index is 0.00000144. The molecule has 17 heavy (non-hydrogen) atoms. The number of nitrogens with one attached hydrogen (secondary N) is 1. The minimum absolute atomic E-state index is 0. The van der Waals surface area contributed by atoms with Crippen molar-refractivity contribution in [3.63, 3.8) is 0 Å². The van der Waals surface area contributed by atoms with Gasteiger partial charge in [-0.1, -0.05) is 18.2 Å². The second-order valence-electron chi connectivity index (χ2n) is 3.30. The van der Waals surface area contributed by atoms with Gasteiger partial charge in [0.25, 0.3) is 5.69 Å². The number of non-ortho nitro benzene ring substituents is 1. The van der Waals surface area contributed by atoms with Crippen LogP contribution in [0.15, 0.2) is 54.6 Å². The third kappa shape index (κ3) is 3.85. The first kappa shape index (κ1) is 13.7. The zero-order valence-corrected chi connectivity index (χ0v) is 11.5. The summed E-state index contributed by atoms with van der Waals surface area (Å²) in [6.07, 6.45) is 0. The summed E-state index contributed by atoms with van der Waals surface area (Å²) in [5, 5.41) is 13.6. The summed E-state index contributed by atoms with van der Waals surface area (Å²) in [7, 11) is 0. The SMILES string of the molecule is O=[N+]([O-])c1ccc(Nc2ccccc2)cc1.[H-].[Na+]. The Hall–Kier alpha value is -1.36. The molecule has 2 aromatic rings. The van der Waals surface area contributed by atoms with E-state index in [1.807, 2.05) is 30.3 Å². The van der Waals surface area contributed by atoms with Gasteiger partial charge in [0, 0.05) is 23.5 Å².